The number of anilines is 1. The van der Waals surface area contributed by atoms with E-state index in [0.717, 1.165) is 64.5 Å². The van der Waals surface area contributed by atoms with Crippen LogP contribution in [0.5, 0.6) is 0 Å². The van der Waals surface area contributed by atoms with Crippen LogP contribution in [0.4, 0.5) is 5.69 Å². The molecule has 2 aliphatic rings. The normalized spacial score (nSPS) is 18.1. The minimum Gasteiger partial charge on any atom is -0.379 e. The molecule has 1 N–H and O–H groups in total. The van der Waals surface area contributed by atoms with Gasteiger partial charge in [0, 0.05) is 52.6 Å². The van der Waals surface area contributed by atoms with Crippen LogP contribution in [-0.4, -0.2) is 71.0 Å². The summed E-state index contributed by atoms with van der Waals surface area (Å²) in [6.07, 6.45) is 2.67. The molecule has 0 bridgehead atoms. The maximum atomic E-state index is 5.74. The summed E-state index contributed by atoms with van der Waals surface area (Å²) >= 11 is 0. The molecule has 1 saturated carbocycles. The van der Waals surface area contributed by atoms with E-state index in [1.165, 1.54) is 24.1 Å². The van der Waals surface area contributed by atoms with Crippen molar-refractivity contribution in [3.63, 3.8) is 0 Å². The molecule has 0 unspecified atom stereocenters. The molecule has 1 aliphatic carbocycles. The van der Waals surface area contributed by atoms with Crippen LogP contribution in [0.3, 0.4) is 0 Å². The third-order valence-electron chi connectivity index (χ3n) is 4.98. The molecule has 1 aromatic rings. The molecule has 1 aromatic carbocycles. The van der Waals surface area contributed by atoms with Gasteiger partial charge in [-0.25, -0.2) is 0 Å². The van der Waals surface area contributed by atoms with E-state index in [-0.39, 0.29) is 0 Å². The number of nitrogens with one attached hydrogen (secondary N) is 1. The average molecular weight is 361 g/mol. The van der Waals surface area contributed by atoms with Crippen LogP contribution in [0.1, 0.15) is 18.4 Å². The Labute approximate surface area is 157 Å². The first-order valence-electron chi connectivity index (χ1n) is 9.68. The molecule has 2 fully saturated rings. The maximum Gasteiger partial charge on any atom is 0.193 e. The highest BCUT2D eigenvalue weighted by atomic mass is 16.5. The van der Waals surface area contributed by atoms with Gasteiger partial charge in [0.1, 0.15) is 0 Å². The van der Waals surface area contributed by atoms with E-state index in [1.54, 1.807) is 0 Å². The summed E-state index contributed by atoms with van der Waals surface area (Å²) in [6.45, 7) is 6.75. The zero-order chi connectivity index (χ0) is 18.2. The number of hydrogen-bond donors (Lipinski definition) is 1. The molecule has 1 saturated heterocycles. The summed E-state index contributed by atoms with van der Waals surface area (Å²) in [5.74, 6) is 1.71. The fraction of sp³-hybridized carbons (Fsp3) is 0.650. The number of ether oxygens (including phenoxy) is 2. The lowest BCUT2D eigenvalue weighted by atomic mass is 10.1. The third-order valence-corrected chi connectivity index (χ3v) is 4.98. The Morgan fingerprint density at radius 2 is 2.08 bits per heavy atom. The van der Waals surface area contributed by atoms with Crippen LogP contribution in [0.25, 0.3) is 0 Å². The summed E-state index contributed by atoms with van der Waals surface area (Å²) in [5, 5.41) is 3.49. The molecule has 6 heteroatoms. The summed E-state index contributed by atoms with van der Waals surface area (Å²) < 4.78 is 11.2. The molecule has 1 aliphatic heterocycles. The molecule has 6 nitrogen and oxygen atoms in total. The van der Waals surface area contributed by atoms with Crippen molar-refractivity contribution in [3.8, 4) is 0 Å². The van der Waals surface area contributed by atoms with E-state index in [0.29, 0.717) is 0 Å². The second-order valence-electron chi connectivity index (χ2n) is 7.07. The van der Waals surface area contributed by atoms with Crippen molar-refractivity contribution in [2.24, 2.45) is 10.9 Å². The molecule has 0 spiro atoms. The molecular formula is C20H32N4O2. The van der Waals surface area contributed by atoms with Crippen LogP contribution >= 0.6 is 0 Å². The number of aliphatic imine (C=N–C) groups is 1. The van der Waals surface area contributed by atoms with Crippen LogP contribution in [-0.2, 0) is 16.0 Å². The summed E-state index contributed by atoms with van der Waals surface area (Å²) in [7, 11) is 3.89. The van der Waals surface area contributed by atoms with Crippen LogP contribution in [0.15, 0.2) is 29.3 Å². The van der Waals surface area contributed by atoms with Crippen molar-refractivity contribution >= 4 is 11.6 Å². The SMILES string of the molecule is CN=C(NCc1ccccc1N1CCOCC1)N(C)CCOCC1CC1. The summed E-state index contributed by atoms with van der Waals surface area (Å²) in [6, 6.07) is 8.58. The highest BCUT2D eigenvalue weighted by Gasteiger charge is 2.21. The first kappa shape index (κ1) is 19.0. The van der Waals surface area contributed by atoms with Gasteiger partial charge in [0.15, 0.2) is 5.96 Å². The highest BCUT2D eigenvalue weighted by Crippen LogP contribution is 2.28. The van der Waals surface area contributed by atoms with Gasteiger partial charge in [0.25, 0.3) is 0 Å². The number of para-hydroxylation sites is 1. The van der Waals surface area contributed by atoms with Crippen molar-refractivity contribution in [2.45, 2.75) is 19.4 Å². The van der Waals surface area contributed by atoms with Crippen LogP contribution in [0, 0.1) is 5.92 Å². The van der Waals surface area contributed by atoms with E-state index in [2.05, 4.69) is 51.4 Å². The van der Waals surface area contributed by atoms with E-state index in [1.807, 2.05) is 7.05 Å². The molecule has 26 heavy (non-hydrogen) atoms. The topological polar surface area (TPSA) is 49.3 Å². The molecule has 3 rings (SSSR count). The lowest BCUT2D eigenvalue weighted by Gasteiger charge is -2.31. The van der Waals surface area contributed by atoms with Crippen molar-refractivity contribution in [2.75, 3.05) is 65.1 Å². The average Bonchev–Trinajstić information content (AvgIpc) is 3.51. The predicted octanol–water partition coefficient (Wildman–Crippen LogP) is 1.96. The van der Waals surface area contributed by atoms with E-state index in [9.17, 15) is 0 Å². The standard InChI is InChI=1S/C20H32N4O2/c1-21-20(23(2)9-12-26-16-17-7-8-17)22-15-18-5-3-4-6-19(18)24-10-13-25-14-11-24/h3-6,17H,7-16H2,1-2H3,(H,21,22). The Bertz CT molecular complexity index is 583. The molecule has 144 valence electrons. The van der Waals surface area contributed by atoms with Gasteiger partial charge in [0.2, 0.25) is 0 Å². The third kappa shape index (κ3) is 5.61. The minimum absolute atomic E-state index is 0.748. The smallest absolute Gasteiger partial charge is 0.193 e. The monoisotopic (exact) mass is 360 g/mol. The van der Waals surface area contributed by atoms with Gasteiger partial charge in [-0.2, -0.15) is 0 Å². The van der Waals surface area contributed by atoms with Gasteiger partial charge in [0.05, 0.1) is 19.8 Å². The Morgan fingerprint density at radius 1 is 1.31 bits per heavy atom. The van der Waals surface area contributed by atoms with E-state index >= 15 is 0 Å². The highest BCUT2D eigenvalue weighted by molar-refractivity contribution is 5.79. The lowest BCUT2D eigenvalue weighted by Crippen LogP contribution is -2.41. The predicted molar refractivity (Wildman–Crippen MR) is 106 cm³/mol. The van der Waals surface area contributed by atoms with Crippen molar-refractivity contribution in [1.29, 1.82) is 0 Å². The second-order valence-corrected chi connectivity index (χ2v) is 7.07. The van der Waals surface area contributed by atoms with Crippen LogP contribution < -0.4 is 10.2 Å². The zero-order valence-electron chi connectivity index (χ0n) is 16.1. The first-order valence-corrected chi connectivity index (χ1v) is 9.68. The number of guanidine groups is 1. The Kier molecular flexibility index (Phi) is 7.14. The van der Waals surface area contributed by atoms with Crippen LogP contribution in [0.2, 0.25) is 0 Å². The molecule has 0 aromatic heterocycles. The minimum atomic E-state index is 0.748. The molecule has 0 atom stereocenters. The second kappa shape index (κ2) is 9.78. The largest absolute Gasteiger partial charge is 0.379 e. The van der Waals surface area contributed by atoms with Gasteiger partial charge in [-0.1, -0.05) is 18.2 Å². The fourth-order valence-electron chi connectivity index (χ4n) is 3.17. The van der Waals surface area contributed by atoms with E-state index < -0.39 is 0 Å². The number of morpholine rings is 1. The van der Waals surface area contributed by atoms with Crippen molar-refractivity contribution in [1.82, 2.24) is 10.2 Å². The van der Waals surface area contributed by atoms with Crippen molar-refractivity contribution in [3.05, 3.63) is 29.8 Å². The molecular weight excluding hydrogens is 328 g/mol. The number of nitrogens with zero attached hydrogens (tertiary/aromatic N) is 3. The van der Waals surface area contributed by atoms with Gasteiger partial charge >= 0.3 is 0 Å². The van der Waals surface area contributed by atoms with Gasteiger partial charge in [-0.05, 0) is 30.4 Å². The van der Waals surface area contributed by atoms with E-state index in [4.69, 9.17) is 9.47 Å². The number of benzene rings is 1. The molecule has 1 heterocycles. The zero-order valence-corrected chi connectivity index (χ0v) is 16.1. The summed E-state index contributed by atoms with van der Waals surface area (Å²) in [4.78, 5) is 8.94. The lowest BCUT2D eigenvalue weighted by molar-refractivity contribution is 0.115. The molecule has 0 amide bonds. The quantitative estimate of drug-likeness (QED) is 0.436. The Hall–Kier alpha value is -1.79. The number of likely N-dealkylation sites (N-methyl/N-ethyl adjacent to an activating group) is 1. The molecule has 0 radical (unpaired) electrons. The van der Waals surface area contributed by atoms with Gasteiger partial charge in [-0.3, -0.25) is 4.99 Å². The number of hydrogen-bond acceptors (Lipinski definition) is 4. The fourth-order valence-corrected chi connectivity index (χ4v) is 3.17. The Morgan fingerprint density at radius 3 is 2.81 bits per heavy atom. The van der Waals surface area contributed by atoms with Gasteiger partial charge < -0.3 is 24.6 Å². The number of rotatable bonds is 8. The Balaban J connectivity index is 1.49. The maximum absolute atomic E-state index is 5.74. The summed E-state index contributed by atoms with van der Waals surface area (Å²) in [5.41, 5.74) is 2.57. The van der Waals surface area contributed by atoms with Crippen molar-refractivity contribution < 1.29 is 9.47 Å². The first-order chi connectivity index (χ1) is 12.8. The van der Waals surface area contributed by atoms with Gasteiger partial charge in [-0.15, -0.1) is 0 Å².